The summed E-state index contributed by atoms with van der Waals surface area (Å²) in [5.41, 5.74) is 0. The van der Waals surface area contributed by atoms with Crippen molar-refractivity contribution in [2.45, 2.75) is 19.9 Å². The topological polar surface area (TPSA) is 3.24 Å². The van der Waals surface area contributed by atoms with E-state index in [1.54, 1.807) is 0 Å². The van der Waals surface area contributed by atoms with Crippen molar-refractivity contribution in [3.8, 4) is 12.3 Å². The van der Waals surface area contributed by atoms with E-state index in [0.29, 0.717) is 12.6 Å². The molecule has 0 unspecified atom stereocenters. The summed E-state index contributed by atoms with van der Waals surface area (Å²) >= 11 is 3.73. The first kappa shape index (κ1) is 9.34. The Balaban J connectivity index is 3.71. The molecule has 0 aliphatic carbocycles. The fourth-order valence-corrected chi connectivity index (χ4v) is 1.68. The first-order valence-corrected chi connectivity index (χ1v) is 4.93. The average Bonchev–Trinajstić information content (AvgIpc) is 1.82. The average molecular weight is 183 g/mol. The molecule has 0 aliphatic rings. The number of rotatable bonds is 3. The van der Waals surface area contributed by atoms with Crippen molar-refractivity contribution in [2.24, 2.45) is 0 Å². The minimum atomic E-state index is 0.500. The molecule has 0 spiro atoms. The molecule has 0 aromatic heterocycles. The van der Waals surface area contributed by atoms with Crippen LogP contribution in [-0.4, -0.2) is 17.3 Å². The molecular weight excluding hydrogens is 173 g/mol. The van der Waals surface area contributed by atoms with E-state index < -0.39 is 0 Å². The van der Waals surface area contributed by atoms with E-state index in [1.807, 2.05) is 0 Å². The van der Waals surface area contributed by atoms with Gasteiger partial charge in [-0.3, -0.25) is 0 Å². The van der Waals surface area contributed by atoms with E-state index in [-0.39, 0.29) is 0 Å². The molecule has 9 heavy (non-hydrogen) atoms. The Bertz CT molecular complexity index is 128. The molecule has 0 aromatic carbocycles. The molecule has 0 aliphatic heterocycles. The summed E-state index contributed by atoms with van der Waals surface area (Å²) in [6.45, 7) is 5.92. The summed E-state index contributed by atoms with van der Waals surface area (Å²) in [5.74, 6) is 2.58. The molecule has 0 atom stereocenters. The minimum absolute atomic E-state index is 0.500. The second kappa shape index (κ2) is 5.15. The third-order valence-electron chi connectivity index (χ3n) is 0.940. The van der Waals surface area contributed by atoms with Gasteiger partial charge in [0, 0.05) is 0 Å². The van der Waals surface area contributed by atoms with Crippen LogP contribution in [0.3, 0.4) is 0 Å². The van der Waals surface area contributed by atoms with Crippen molar-refractivity contribution in [1.82, 2.24) is 4.67 Å². The van der Waals surface area contributed by atoms with E-state index >= 15 is 0 Å². The van der Waals surface area contributed by atoms with Gasteiger partial charge in [-0.05, 0) is 0 Å². The molecule has 0 rings (SSSR count). The fourth-order valence-electron chi connectivity index (χ4n) is 0.383. The molecule has 0 saturated heterocycles. The van der Waals surface area contributed by atoms with Gasteiger partial charge in [0.25, 0.3) is 0 Å². The SMILES string of the molecule is C#CCN([P]=[Fe])C(C)C. The zero-order valence-electron chi connectivity index (χ0n) is 5.61. The molecule has 0 bridgehead atoms. The van der Waals surface area contributed by atoms with Gasteiger partial charge in [0.05, 0.1) is 0 Å². The van der Waals surface area contributed by atoms with Crippen LogP contribution in [0.5, 0.6) is 0 Å². The van der Waals surface area contributed by atoms with E-state index in [2.05, 4.69) is 39.5 Å². The van der Waals surface area contributed by atoms with Gasteiger partial charge in [-0.25, -0.2) is 0 Å². The number of hydrogen-bond acceptors (Lipinski definition) is 1. The van der Waals surface area contributed by atoms with Gasteiger partial charge < -0.3 is 0 Å². The van der Waals surface area contributed by atoms with Gasteiger partial charge in [-0.1, -0.05) is 0 Å². The molecule has 3 heteroatoms. The second-order valence-electron chi connectivity index (χ2n) is 1.97. The molecule has 1 nitrogen and oxygen atoms in total. The normalized spacial score (nSPS) is 10.7. The maximum absolute atomic E-state index is 5.12. The van der Waals surface area contributed by atoms with E-state index in [4.69, 9.17) is 6.42 Å². The van der Waals surface area contributed by atoms with Gasteiger partial charge in [-0.15, -0.1) is 0 Å². The number of hydrogen-bond donors (Lipinski definition) is 0. The Morgan fingerprint density at radius 3 is 2.44 bits per heavy atom. The van der Waals surface area contributed by atoms with Gasteiger partial charge in [0.15, 0.2) is 0 Å². The van der Waals surface area contributed by atoms with Gasteiger partial charge >= 0.3 is 65.5 Å². The molecule has 0 saturated carbocycles. The van der Waals surface area contributed by atoms with Crippen LogP contribution < -0.4 is 0 Å². The van der Waals surface area contributed by atoms with E-state index in [9.17, 15) is 0 Å². The first-order chi connectivity index (χ1) is 4.22. The van der Waals surface area contributed by atoms with Crippen LogP contribution in [0.2, 0.25) is 0 Å². The van der Waals surface area contributed by atoms with Gasteiger partial charge in [0.2, 0.25) is 0 Å². The third kappa shape index (κ3) is 3.84. The van der Waals surface area contributed by atoms with Crippen LogP contribution in [-0.2, 0) is 15.1 Å². The summed E-state index contributed by atoms with van der Waals surface area (Å²) in [6.07, 6.45) is 5.12. The maximum atomic E-state index is 5.12. The summed E-state index contributed by atoms with van der Waals surface area (Å²) < 4.78 is 2.10. The van der Waals surface area contributed by atoms with E-state index in [0.717, 1.165) is 6.98 Å². The van der Waals surface area contributed by atoms with Crippen LogP contribution in [0.25, 0.3) is 0 Å². The number of terminal acetylenes is 1. The van der Waals surface area contributed by atoms with Crippen molar-refractivity contribution in [3.63, 3.8) is 0 Å². The molecule has 0 amide bonds. The molecule has 52 valence electrons. The summed E-state index contributed by atoms with van der Waals surface area (Å²) in [5, 5.41) is 0. The third-order valence-corrected chi connectivity index (χ3v) is 2.58. The standard InChI is InChI=1S/C6H10NP.Fe/c1-4-5-7(8)6(2)3;/h1,6H,5H2,2-3H3;. The second-order valence-corrected chi connectivity index (χ2v) is 3.28. The molecule has 0 heterocycles. The van der Waals surface area contributed by atoms with Crippen molar-refractivity contribution in [2.75, 3.05) is 6.54 Å². The van der Waals surface area contributed by atoms with Crippen molar-refractivity contribution < 1.29 is 15.1 Å². The Labute approximate surface area is 65.9 Å². The van der Waals surface area contributed by atoms with Crippen LogP contribution in [0, 0.1) is 12.3 Å². The van der Waals surface area contributed by atoms with Crippen LogP contribution in [0.15, 0.2) is 0 Å². The zero-order valence-corrected chi connectivity index (χ0v) is 7.61. The van der Waals surface area contributed by atoms with Crippen LogP contribution in [0.4, 0.5) is 0 Å². The summed E-state index contributed by atoms with van der Waals surface area (Å²) in [6, 6.07) is 0.500. The van der Waals surface area contributed by atoms with Gasteiger partial charge in [0.1, 0.15) is 0 Å². The van der Waals surface area contributed by atoms with Crippen LogP contribution >= 0.6 is 6.98 Å². The monoisotopic (exact) mass is 183 g/mol. The molecular formula is C6H10FeNP. The van der Waals surface area contributed by atoms with Gasteiger partial charge in [-0.2, -0.15) is 0 Å². The summed E-state index contributed by atoms with van der Waals surface area (Å²) in [4.78, 5) is 0. The Hall–Kier alpha value is 0.339. The molecule has 0 radical (unpaired) electrons. The first-order valence-electron chi connectivity index (χ1n) is 2.73. The van der Waals surface area contributed by atoms with Crippen molar-refractivity contribution in [1.29, 1.82) is 0 Å². The quantitative estimate of drug-likeness (QED) is 0.365. The Kier molecular flexibility index (Phi) is 5.34. The molecule has 0 aromatic rings. The number of nitrogens with zero attached hydrogens (tertiary/aromatic N) is 1. The molecule has 0 fully saturated rings. The van der Waals surface area contributed by atoms with E-state index in [1.165, 1.54) is 0 Å². The summed E-state index contributed by atoms with van der Waals surface area (Å²) in [7, 11) is 0. The van der Waals surface area contributed by atoms with Crippen molar-refractivity contribution >= 4 is 6.98 Å². The Morgan fingerprint density at radius 1 is 1.78 bits per heavy atom. The predicted octanol–water partition coefficient (Wildman–Crippen LogP) is 1.65. The van der Waals surface area contributed by atoms with Crippen LogP contribution in [0.1, 0.15) is 13.8 Å². The predicted molar refractivity (Wildman–Crippen MR) is 37.6 cm³/mol. The van der Waals surface area contributed by atoms with Crippen molar-refractivity contribution in [3.05, 3.63) is 0 Å². The zero-order chi connectivity index (χ0) is 7.28. The Morgan fingerprint density at radius 2 is 2.33 bits per heavy atom. The molecule has 0 N–H and O–H groups in total. The fraction of sp³-hybridized carbons (Fsp3) is 0.667.